The van der Waals surface area contributed by atoms with E-state index in [1.54, 1.807) is 0 Å². The topological polar surface area (TPSA) is 82.0 Å². The van der Waals surface area contributed by atoms with Crippen LogP contribution >= 0.6 is 0 Å². The van der Waals surface area contributed by atoms with Gasteiger partial charge in [0.1, 0.15) is 18.5 Å². The van der Waals surface area contributed by atoms with Crippen molar-refractivity contribution in [2.24, 2.45) is 0 Å². The van der Waals surface area contributed by atoms with Crippen molar-refractivity contribution in [2.45, 2.75) is 50.9 Å². The summed E-state index contributed by atoms with van der Waals surface area (Å²) in [5.74, 6) is 0.691. The summed E-state index contributed by atoms with van der Waals surface area (Å²) in [4.78, 5) is 0. The molecule has 0 aliphatic heterocycles. The molecule has 124 valence electrons. The molecule has 0 unspecified atom stereocenters. The minimum Gasteiger partial charge on any atom is -0.491 e. The van der Waals surface area contributed by atoms with E-state index in [2.05, 4.69) is 12.2 Å². The molecule has 0 saturated carbocycles. The Morgan fingerprint density at radius 2 is 2.05 bits per heavy atom. The van der Waals surface area contributed by atoms with Gasteiger partial charge in [-0.1, -0.05) is 25.5 Å². The molecule has 1 aliphatic rings. The maximum absolute atomic E-state index is 9.93. The Bertz CT molecular complexity index is 466. The lowest BCUT2D eigenvalue weighted by atomic mass is 9.87. The van der Waals surface area contributed by atoms with Crippen LogP contribution in [0.3, 0.4) is 0 Å². The van der Waals surface area contributed by atoms with Crippen LogP contribution in [0.5, 0.6) is 5.75 Å². The highest BCUT2D eigenvalue weighted by Gasteiger charge is 2.27. The fraction of sp³-hybridized carbons (Fsp3) is 0.647. The Balaban J connectivity index is 1.87. The van der Waals surface area contributed by atoms with Crippen molar-refractivity contribution in [3.63, 3.8) is 0 Å². The molecule has 3 atom stereocenters. The number of aliphatic hydroxyl groups is 3. The Morgan fingerprint density at radius 1 is 1.27 bits per heavy atom. The largest absolute Gasteiger partial charge is 0.491 e. The summed E-state index contributed by atoms with van der Waals surface area (Å²) >= 11 is 0. The normalized spacial score (nSPS) is 22.2. The number of unbranched alkanes of at least 4 members (excludes halogenated alkanes) is 1. The first kappa shape index (κ1) is 17.2. The molecule has 4 N–H and O–H groups in total. The Kier molecular flexibility index (Phi) is 6.64. The number of fused-ring (bicyclic) bond motifs is 1. The van der Waals surface area contributed by atoms with E-state index in [1.807, 2.05) is 18.2 Å². The molecule has 0 fully saturated rings. The Morgan fingerprint density at radius 3 is 2.82 bits per heavy atom. The molecule has 0 radical (unpaired) electrons. The first-order valence-electron chi connectivity index (χ1n) is 8.10. The highest BCUT2D eigenvalue weighted by Crippen LogP contribution is 2.30. The lowest BCUT2D eigenvalue weighted by Gasteiger charge is -2.27. The van der Waals surface area contributed by atoms with Gasteiger partial charge < -0.3 is 25.4 Å². The standard InChI is InChI=1S/C17H27NO4/c1-2-3-7-18-10-13(19)11-22-17-6-4-5-12-8-15(20)16(21)9-14(12)17/h4-6,13,15-16,18-21H,2-3,7-11H2,1H3/t13-,15-,16-/m0/s1. The summed E-state index contributed by atoms with van der Waals surface area (Å²) in [5, 5.41) is 32.7. The summed E-state index contributed by atoms with van der Waals surface area (Å²) in [6.07, 6.45) is 1.02. The van der Waals surface area contributed by atoms with Crippen molar-refractivity contribution >= 4 is 0 Å². The molecule has 0 saturated heterocycles. The van der Waals surface area contributed by atoms with Crippen LogP contribution in [0.25, 0.3) is 0 Å². The molecular formula is C17H27NO4. The molecule has 1 aromatic rings. The van der Waals surface area contributed by atoms with Crippen molar-refractivity contribution in [3.8, 4) is 5.75 Å². The smallest absolute Gasteiger partial charge is 0.123 e. The predicted molar refractivity (Wildman–Crippen MR) is 85.1 cm³/mol. The lowest BCUT2D eigenvalue weighted by molar-refractivity contribution is 0.0132. The zero-order valence-electron chi connectivity index (χ0n) is 13.2. The van der Waals surface area contributed by atoms with Gasteiger partial charge in [0, 0.05) is 24.9 Å². The lowest BCUT2D eigenvalue weighted by Crippen LogP contribution is -2.35. The van der Waals surface area contributed by atoms with Crippen LogP contribution < -0.4 is 10.1 Å². The molecule has 0 aromatic heterocycles. The third kappa shape index (κ3) is 4.68. The summed E-state index contributed by atoms with van der Waals surface area (Å²) in [5.41, 5.74) is 1.94. The van der Waals surface area contributed by atoms with Gasteiger partial charge in [-0.2, -0.15) is 0 Å². The third-order valence-electron chi connectivity index (χ3n) is 4.03. The van der Waals surface area contributed by atoms with Gasteiger partial charge in [-0.05, 0) is 24.6 Å². The van der Waals surface area contributed by atoms with E-state index in [-0.39, 0.29) is 6.61 Å². The van der Waals surface area contributed by atoms with Crippen LogP contribution in [-0.2, 0) is 12.8 Å². The molecule has 5 heteroatoms. The molecule has 22 heavy (non-hydrogen) atoms. The molecule has 1 aromatic carbocycles. The van der Waals surface area contributed by atoms with Crippen molar-refractivity contribution < 1.29 is 20.1 Å². The van der Waals surface area contributed by atoms with Gasteiger partial charge in [-0.15, -0.1) is 0 Å². The van der Waals surface area contributed by atoms with Gasteiger partial charge in [-0.3, -0.25) is 0 Å². The van der Waals surface area contributed by atoms with Gasteiger partial charge in [0.05, 0.1) is 12.2 Å². The van der Waals surface area contributed by atoms with Gasteiger partial charge in [-0.25, -0.2) is 0 Å². The fourth-order valence-corrected chi connectivity index (χ4v) is 2.69. The highest BCUT2D eigenvalue weighted by molar-refractivity contribution is 5.43. The van der Waals surface area contributed by atoms with Gasteiger partial charge >= 0.3 is 0 Å². The SMILES string of the molecule is CCCCNC[C@H](O)COc1cccc2c1C[C@H](O)[C@@H](O)C2. The highest BCUT2D eigenvalue weighted by atomic mass is 16.5. The van der Waals surface area contributed by atoms with Crippen molar-refractivity contribution in [2.75, 3.05) is 19.7 Å². The van der Waals surface area contributed by atoms with Crippen LogP contribution in [0.4, 0.5) is 0 Å². The molecular weight excluding hydrogens is 282 g/mol. The number of nitrogens with one attached hydrogen (secondary N) is 1. The van der Waals surface area contributed by atoms with Crippen molar-refractivity contribution in [1.29, 1.82) is 0 Å². The van der Waals surface area contributed by atoms with E-state index in [9.17, 15) is 15.3 Å². The number of rotatable bonds is 8. The summed E-state index contributed by atoms with van der Waals surface area (Å²) in [7, 11) is 0. The van der Waals surface area contributed by atoms with E-state index in [4.69, 9.17) is 4.74 Å². The van der Waals surface area contributed by atoms with E-state index in [0.717, 1.165) is 30.5 Å². The second kappa shape index (κ2) is 8.48. The number of ether oxygens (including phenoxy) is 1. The minimum absolute atomic E-state index is 0.216. The number of benzene rings is 1. The Hall–Kier alpha value is -1.14. The second-order valence-corrected chi connectivity index (χ2v) is 5.96. The number of hydrogen-bond donors (Lipinski definition) is 4. The maximum Gasteiger partial charge on any atom is 0.123 e. The van der Waals surface area contributed by atoms with Crippen LogP contribution in [-0.4, -0.2) is 53.3 Å². The first-order valence-corrected chi connectivity index (χ1v) is 8.10. The fourth-order valence-electron chi connectivity index (χ4n) is 2.69. The average molecular weight is 309 g/mol. The van der Waals surface area contributed by atoms with Crippen LogP contribution in [0, 0.1) is 0 Å². The molecule has 1 aliphatic carbocycles. The molecule has 0 heterocycles. The number of hydrogen-bond acceptors (Lipinski definition) is 5. The van der Waals surface area contributed by atoms with Gasteiger partial charge in [0.25, 0.3) is 0 Å². The zero-order chi connectivity index (χ0) is 15.9. The van der Waals surface area contributed by atoms with E-state index < -0.39 is 18.3 Å². The quantitative estimate of drug-likeness (QED) is 0.530. The average Bonchev–Trinajstić information content (AvgIpc) is 2.51. The van der Waals surface area contributed by atoms with E-state index in [1.165, 1.54) is 0 Å². The van der Waals surface area contributed by atoms with Crippen LogP contribution in [0.2, 0.25) is 0 Å². The summed E-state index contributed by atoms with van der Waals surface area (Å²) < 4.78 is 5.72. The summed E-state index contributed by atoms with van der Waals surface area (Å²) in [6.45, 7) is 3.76. The second-order valence-electron chi connectivity index (χ2n) is 5.96. The predicted octanol–water partition coefficient (Wildman–Crippen LogP) is 0.636. The van der Waals surface area contributed by atoms with Gasteiger partial charge in [0.2, 0.25) is 0 Å². The maximum atomic E-state index is 9.93. The zero-order valence-corrected chi connectivity index (χ0v) is 13.2. The number of aliphatic hydroxyl groups excluding tert-OH is 3. The van der Waals surface area contributed by atoms with Crippen LogP contribution in [0.15, 0.2) is 18.2 Å². The molecule has 2 rings (SSSR count). The van der Waals surface area contributed by atoms with Crippen molar-refractivity contribution in [3.05, 3.63) is 29.3 Å². The molecule has 0 amide bonds. The first-order chi connectivity index (χ1) is 10.6. The molecule has 5 nitrogen and oxygen atoms in total. The van der Waals surface area contributed by atoms with E-state index >= 15 is 0 Å². The van der Waals surface area contributed by atoms with Crippen LogP contribution in [0.1, 0.15) is 30.9 Å². The molecule has 0 spiro atoms. The minimum atomic E-state index is -0.752. The van der Waals surface area contributed by atoms with E-state index in [0.29, 0.717) is 25.1 Å². The third-order valence-corrected chi connectivity index (χ3v) is 4.03. The summed E-state index contributed by atoms with van der Waals surface area (Å²) in [6, 6.07) is 5.67. The molecule has 0 bridgehead atoms. The van der Waals surface area contributed by atoms with Crippen molar-refractivity contribution in [1.82, 2.24) is 5.32 Å². The van der Waals surface area contributed by atoms with Gasteiger partial charge in [0.15, 0.2) is 0 Å². The monoisotopic (exact) mass is 309 g/mol. The Labute approximate surface area is 131 Å².